The molecule has 1 aliphatic rings. The molecule has 1 N–H and O–H groups in total. The van der Waals surface area contributed by atoms with Crippen LogP contribution in [0.1, 0.15) is 18.4 Å². The third-order valence-electron chi connectivity index (χ3n) is 3.78. The van der Waals surface area contributed by atoms with E-state index >= 15 is 0 Å². The van der Waals surface area contributed by atoms with Crippen LogP contribution in [-0.4, -0.2) is 49.2 Å². The number of likely N-dealkylation sites (tertiary alicyclic amines) is 1. The number of hydrogen-bond donors (Lipinski definition) is 1. The standard InChI is InChI=1S/C16H20N2O6/c1-22-15(20)14-9-13(23-11-19)7-8-18(14)16(21)17-24-10-12-5-3-2-4-6-12/h2-6,11,13-14H,7-10H2,1H3,(H,17,21)/t13-,14+/m0/s1. The highest BCUT2D eigenvalue weighted by atomic mass is 16.7. The van der Waals surface area contributed by atoms with E-state index in [9.17, 15) is 14.4 Å². The van der Waals surface area contributed by atoms with Crippen LogP contribution >= 0.6 is 0 Å². The van der Waals surface area contributed by atoms with Crippen LogP contribution in [0.25, 0.3) is 0 Å². The Bertz CT molecular complexity index is 565. The first-order valence-corrected chi connectivity index (χ1v) is 7.55. The van der Waals surface area contributed by atoms with Gasteiger partial charge in [-0.2, -0.15) is 0 Å². The molecular formula is C16H20N2O6. The molecule has 0 saturated carbocycles. The molecule has 0 spiro atoms. The van der Waals surface area contributed by atoms with Crippen molar-refractivity contribution in [2.24, 2.45) is 0 Å². The molecule has 8 heteroatoms. The van der Waals surface area contributed by atoms with Crippen LogP contribution < -0.4 is 5.48 Å². The molecule has 2 atom stereocenters. The Morgan fingerprint density at radius 2 is 2.08 bits per heavy atom. The summed E-state index contributed by atoms with van der Waals surface area (Å²) in [6, 6.07) is 7.99. The fraction of sp³-hybridized carbons (Fsp3) is 0.438. The van der Waals surface area contributed by atoms with E-state index in [0.717, 1.165) is 5.56 Å². The van der Waals surface area contributed by atoms with Crippen LogP contribution in [0.15, 0.2) is 30.3 Å². The number of esters is 1. The number of ether oxygens (including phenoxy) is 2. The lowest BCUT2D eigenvalue weighted by atomic mass is 10.00. The molecule has 130 valence electrons. The second-order valence-corrected chi connectivity index (χ2v) is 5.29. The van der Waals surface area contributed by atoms with E-state index in [1.165, 1.54) is 12.0 Å². The smallest absolute Gasteiger partial charge is 0.342 e. The molecule has 24 heavy (non-hydrogen) atoms. The maximum atomic E-state index is 12.3. The van der Waals surface area contributed by atoms with Crippen LogP contribution in [0, 0.1) is 0 Å². The van der Waals surface area contributed by atoms with Gasteiger partial charge in [-0.15, -0.1) is 0 Å². The summed E-state index contributed by atoms with van der Waals surface area (Å²) < 4.78 is 9.62. The van der Waals surface area contributed by atoms with Crippen molar-refractivity contribution < 1.29 is 28.7 Å². The third kappa shape index (κ3) is 4.69. The van der Waals surface area contributed by atoms with E-state index < -0.39 is 24.1 Å². The normalized spacial score (nSPS) is 20.1. The van der Waals surface area contributed by atoms with Crippen LogP contribution in [0.5, 0.6) is 0 Å². The Balaban J connectivity index is 1.90. The number of carbonyl (C=O) groups excluding carboxylic acids is 3. The zero-order valence-corrected chi connectivity index (χ0v) is 13.3. The summed E-state index contributed by atoms with van der Waals surface area (Å²) in [6.07, 6.45) is 0.219. The van der Waals surface area contributed by atoms with E-state index in [4.69, 9.17) is 14.3 Å². The first kappa shape index (κ1) is 17.7. The minimum atomic E-state index is -0.825. The SMILES string of the molecule is COC(=O)[C@H]1C[C@@H](OC=O)CCN1C(=O)NOCc1ccccc1. The largest absolute Gasteiger partial charge is 0.467 e. The maximum absolute atomic E-state index is 12.3. The molecule has 0 aromatic heterocycles. The van der Waals surface area contributed by atoms with E-state index in [2.05, 4.69) is 5.48 Å². The molecule has 1 fully saturated rings. The quantitative estimate of drug-likeness (QED) is 0.473. The molecule has 2 rings (SSSR count). The van der Waals surface area contributed by atoms with Crippen molar-refractivity contribution in [3.8, 4) is 0 Å². The molecule has 1 saturated heterocycles. The average molecular weight is 336 g/mol. The van der Waals surface area contributed by atoms with Crippen molar-refractivity contribution in [1.82, 2.24) is 10.4 Å². The van der Waals surface area contributed by atoms with Gasteiger partial charge in [0.1, 0.15) is 12.1 Å². The van der Waals surface area contributed by atoms with Gasteiger partial charge in [-0.25, -0.2) is 15.1 Å². The number of piperidine rings is 1. The average Bonchev–Trinajstić information content (AvgIpc) is 2.62. The third-order valence-corrected chi connectivity index (χ3v) is 3.78. The number of hydroxylamine groups is 1. The summed E-state index contributed by atoms with van der Waals surface area (Å²) in [5, 5.41) is 0. The molecule has 1 aromatic rings. The van der Waals surface area contributed by atoms with Crippen LogP contribution in [0.4, 0.5) is 4.79 Å². The lowest BCUT2D eigenvalue weighted by molar-refractivity contribution is -0.152. The van der Waals surface area contributed by atoms with Crippen molar-refractivity contribution in [1.29, 1.82) is 0 Å². The predicted octanol–water partition coefficient (Wildman–Crippen LogP) is 1.01. The van der Waals surface area contributed by atoms with Crippen LogP contribution in [0.2, 0.25) is 0 Å². The molecule has 8 nitrogen and oxygen atoms in total. The minimum absolute atomic E-state index is 0.192. The van der Waals surface area contributed by atoms with E-state index in [1.54, 1.807) is 0 Å². The van der Waals surface area contributed by atoms with Crippen molar-refractivity contribution in [2.45, 2.75) is 31.6 Å². The first-order valence-electron chi connectivity index (χ1n) is 7.55. The van der Waals surface area contributed by atoms with Crippen molar-refractivity contribution in [3.63, 3.8) is 0 Å². The molecule has 1 heterocycles. The van der Waals surface area contributed by atoms with Gasteiger partial charge in [0, 0.05) is 19.4 Å². The monoisotopic (exact) mass is 336 g/mol. The number of carbonyl (C=O) groups is 3. The van der Waals surface area contributed by atoms with Crippen molar-refractivity contribution in [2.75, 3.05) is 13.7 Å². The number of nitrogens with one attached hydrogen (secondary N) is 1. The molecular weight excluding hydrogens is 316 g/mol. The number of rotatable bonds is 6. The fourth-order valence-corrected chi connectivity index (χ4v) is 2.55. The molecule has 2 amide bonds. The molecule has 0 aliphatic carbocycles. The zero-order chi connectivity index (χ0) is 17.4. The van der Waals surface area contributed by atoms with Gasteiger partial charge in [0.25, 0.3) is 6.47 Å². The lowest BCUT2D eigenvalue weighted by Gasteiger charge is -2.36. The molecule has 0 radical (unpaired) electrons. The Hall–Kier alpha value is -2.61. The summed E-state index contributed by atoms with van der Waals surface area (Å²) in [4.78, 5) is 41.1. The number of hydrogen-bond acceptors (Lipinski definition) is 6. The second-order valence-electron chi connectivity index (χ2n) is 5.29. The van der Waals surface area contributed by atoms with Crippen molar-refractivity contribution in [3.05, 3.63) is 35.9 Å². The van der Waals surface area contributed by atoms with Gasteiger partial charge in [0.2, 0.25) is 0 Å². The van der Waals surface area contributed by atoms with Gasteiger partial charge in [0.05, 0.1) is 13.7 Å². The Labute approximate surface area is 139 Å². The number of amides is 2. The van der Waals surface area contributed by atoms with Gasteiger partial charge in [-0.3, -0.25) is 9.63 Å². The highest BCUT2D eigenvalue weighted by molar-refractivity contribution is 5.83. The van der Waals surface area contributed by atoms with E-state index in [1.807, 2.05) is 30.3 Å². The molecule has 0 bridgehead atoms. The topological polar surface area (TPSA) is 94.2 Å². The van der Waals surface area contributed by atoms with Crippen LogP contribution in [-0.2, 0) is 30.5 Å². The van der Waals surface area contributed by atoms with Crippen molar-refractivity contribution >= 4 is 18.5 Å². The Kier molecular flexibility index (Phi) is 6.56. The predicted molar refractivity (Wildman–Crippen MR) is 82.4 cm³/mol. The summed E-state index contributed by atoms with van der Waals surface area (Å²) in [5.41, 5.74) is 3.23. The maximum Gasteiger partial charge on any atom is 0.342 e. The lowest BCUT2D eigenvalue weighted by Crippen LogP contribution is -2.55. The van der Waals surface area contributed by atoms with E-state index in [0.29, 0.717) is 12.9 Å². The summed E-state index contributed by atoms with van der Waals surface area (Å²) >= 11 is 0. The van der Waals surface area contributed by atoms with Crippen LogP contribution in [0.3, 0.4) is 0 Å². The van der Waals surface area contributed by atoms with Gasteiger partial charge in [-0.05, 0) is 5.56 Å². The van der Waals surface area contributed by atoms with Gasteiger partial charge >= 0.3 is 12.0 Å². The molecule has 1 aliphatic heterocycles. The number of nitrogens with zero attached hydrogens (tertiary/aromatic N) is 1. The number of urea groups is 1. The Morgan fingerprint density at radius 1 is 1.33 bits per heavy atom. The molecule has 0 unspecified atom stereocenters. The number of benzene rings is 1. The van der Waals surface area contributed by atoms with Gasteiger partial charge in [0.15, 0.2) is 0 Å². The van der Waals surface area contributed by atoms with E-state index in [-0.39, 0.29) is 19.6 Å². The van der Waals surface area contributed by atoms with Gasteiger partial charge < -0.3 is 14.4 Å². The highest BCUT2D eigenvalue weighted by Gasteiger charge is 2.38. The minimum Gasteiger partial charge on any atom is -0.467 e. The number of methoxy groups -OCH3 is 1. The Morgan fingerprint density at radius 3 is 2.75 bits per heavy atom. The zero-order valence-electron chi connectivity index (χ0n) is 13.3. The first-order chi connectivity index (χ1) is 11.7. The summed E-state index contributed by atoms with van der Waals surface area (Å²) in [6.45, 7) is 0.802. The van der Waals surface area contributed by atoms with Gasteiger partial charge in [-0.1, -0.05) is 30.3 Å². The second kappa shape index (κ2) is 8.88. The summed E-state index contributed by atoms with van der Waals surface area (Å²) in [5.74, 6) is -0.563. The fourth-order valence-electron chi connectivity index (χ4n) is 2.55. The summed E-state index contributed by atoms with van der Waals surface area (Å²) in [7, 11) is 1.24. The molecule has 1 aromatic carbocycles. The highest BCUT2D eigenvalue weighted by Crippen LogP contribution is 2.21.